The minimum Gasteiger partial charge on any atom is -0.480 e. The molecule has 3 unspecified atom stereocenters. The fraction of sp³-hybridized carbons (Fsp3) is 0.632. The van der Waals surface area contributed by atoms with Crippen LogP contribution in [0, 0.1) is 0 Å². The molecule has 1 aromatic carbocycles. The molecule has 0 saturated heterocycles. The van der Waals surface area contributed by atoms with Crippen LogP contribution in [-0.2, 0) is 9.53 Å². The van der Waals surface area contributed by atoms with E-state index in [1.807, 2.05) is 36.9 Å². The number of carbonyl (C=O) groups is 1. The van der Waals surface area contributed by atoms with Crippen LogP contribution in [0.1, 0.15) is 52.7 Å². The van der Waals surface area contributed by atoms with Crippen molar-refractivity contribution in [2.75, 3.05) is 12.4 Å². The van der Waals surface area contributed by atoms with Crippen molar-refractivity contribution < 1.29 is 14.6 Å². The zero-order chi connectivity index (χ0) is 19.0. The first-order valence-corrected chi connectivity index (χ1v) is 9.97. The van der Waals surface area contributed by atoms with Gasteiger partial charge in [0.15, 0.2) is 0 Å². The topological polar surface area (TPSA) is 58.6 Å². The summed E-state index contributed by atoms with van der Waals surface area (Å²) in [7, 11) is 0. The second-order valence-electron chi connectivity index (χ2n) is 7.16. The van der Waals surface area contributed by atoms with Gasteiger partial charge in [-0.25, -0.2) is 4.79 Å². The number of carboxylic acids is 1. The summed E-state index contributed by atoms with van der Waals surface area (Å²) >= 11 is 8.01. The second kappa shape index (κ2) is 10.4. The van der Waals surface area contributed by atoms with Crippen molar-refractivity contribution in [1.82, 2.24) is 5.32 Å². The summed E-state index contributed by atoms with van der Waals surface area (Å²) in [6.07, 6.45) is 0.623. The molecule has 3 atom stereocenters. The third-order valence-electron chi connectivity index (χ3n) is 3.73. The number of hydrogen-bond acceptors (Lipinski definition) is 4. The third-order valence-corrected chi connectivity index (χ3v) is 5.40. The fourth-order valence-electron chi connectivity index (χ4n) is 2.47. The maximum atomic E-state index is 10.9. The van der Waals surface area contributed by atoms with E-state index < -0.39 is 5.97 Å². The van der Waals surface area contributed by atoms with E-state index in [2.05, 4.69) is 33.0 Å². The molecule has 0 spiro atoms. The van der Waals surface area contributed by atoms with Gasteiger partial charge in [-0.15, -0.1) is 0 Å². The fourth-order valence-corrected chi connectivity index (χ4v) is 3.70. The molecule has 0 fully saturated rings. The van der Waals surface area contributed by atoms with Crippen molar-refractivity contribution in [2.45, 2.75) is 64.0 Å². The van der Waals surface area contributed by atoms with Crippen LogP contribution in [0.2, 0.25) is 5.02 Å². The number of thioether (sulfide) groups is 1. The minimum absolute atomic E-state index is 0.0386. The minimum atomic E-state index is -0.977. The Morgan fingerprint density at radius 2 is 2.08 bits per heavy atom. The summed E-state index contributed by atoms with van der Waals surface area (Å²) in [4.78, 5) is 10.9. The zero-order valence-corrected chi connectivity index (χ0v) is 17.3. The molecule has 1 rings (SSSR count). The quantitative estimate of drug-likeness (QED) is 0.605. The van der Waals surface area contributed by atoms with Gasteiger partial charge < -0.3 is 15.2 Å². The summed E-state index contributed by atoms with van der Waals surface area (Å²) in [5, 5.41) is 13.2. The third kappa shape index (κ3) is 8.95. The van der Waals surface area contributed by atoms with Crippen molar-refractivity contribution in [3.63, 3.8) is 0 Å². The number of nitrogens with one attached hydrogen (secondary N) is 1. The first-order chi connectivity index (χ1) is 11.6. The van der Waals surface area contributed by atoms with E-state index >= 15 is 0 Å². The molecule has 2 N–H and O–H groups in total. The molecule has 0 aliphatic rings. The lowest BCUT2D eigenvalue weighted by Gasteiger charge is -2.30. The molecule has 0 saturated carbocycles. The molecular formula is C19H30ClNO3S. The van der Waals surface area contributed by atoms with E-state index in [0.717, 1.165) is 17.7 Å². The maximum Gasteiger partial charge on any atom is 0.329 e. The van der Waals surface area contributed by atoms with E-state index in [9.17, 15) is 4.79 Å². The number of aliphatic carboxylic acids is 1. The smallest absolute Gasteiger partial charge is 0.329 e. The molecular weight excluding hydrogens is 358 g/mol. The van der Waals surface area contributed by atoms with Gasteiger partial charge in [0.2, 0.25) is 0 Å². The number of carboxylic acid groups (broad SMARTS) is 1. The maximum absolute atomic E-state index is 10.9. The van der Waals surface area contributed by atoms with Crippen LogP contribution in [0.5, 0.6) is 0 Å². The molecule has 0 radical (unpaired) electrons. The van der Waals surface area contributed by atoms with Gasteiger partial charge in [0.25, 0.3) is 0 Å². The molecule has 25 heavy (non-hydrogen) atoms. The van der Waals surface area contributed by atoms with E-state index in [1.165, 1.54) is 0 Å². The van der Waals surface area contributed by atoms with E-state index in [4.69, 9.17) is 21.4 Å². The molecule has 142 valence electrons. The predicted molar refractivity (Wildman–Crippen MR) is 107 cm³/mol. The van der Waals surface area contributed by atoms with Crippen LogP contribution in [0.4, 0.5) is 0 Å². The molecule has 6 heteroatoms. The van der Waals surface area contributed by atoms with Crippen molar-refractivity contribution in [3.05, 3.63) is 34.9 Å². The van der Waals surface area contributed by atoms with Crippen molar-refractivity contribution in [2.24, 2.45) is 0 Å². The molecule has 0 heterocycles. The molecule has 0 aliphatic carbocycles. The number of hydrogen-bond donors (Lipinski definition) is 2. The standard InChI is InChI=1S/C19H30ClNO3S/c1-6-16(12-25-19(3,4)5)21-13(2)18(24-11-17(22)23)14-8-7-9-15(20)10-14/h7-10,13,16,18,21H,6,11-12H2,1-5H3,(H,22,23). The van der Waals surface area contributed by atoms with Crippen LogP contribution >= 0.6 is 23.4 Å². The summed E-state index contributed by atoms with van der Waals surface area (Å²) in [6.45, 7) is 10.5. The largest absolute Gasteiger partial charge is 0.480 e. The highest BCUT2D eigenvalue weighted by Crippen LogP contribution is 2.27. The summed E-state index contributed by atoms with van der Waals surface area (Å²) in [5.74, 6) is 0.0143. The molecule has 0 aromatic heterocycles. The highest BCUT2D eigenvalue weighted by atomic mass is 35.5. The van der Waals surface area contributed by atoms with E-state index in [0.29, 0.717) is 11.1 Å². The molecule has 0 amide bonds. The van der Waals surface area contributed by atoms with Crippen LogP contribution in [0.25, 0.3) is 0 Å². The Kier molecular flexibility index (Phi) is 9.28. The summed E-state index contributed by atoms with van der Waals surface area (Å²) in [6, 6.07) is 7.69. The first-order valence-electron chi connectivity index (χ1n) is 8.61. The van der Waals surface area contributed by atoms with Crippen molar-refractivity contribution in [1.29, 1.82) is 0 Å². The number of benzene rings is 1. The Morgan fingerprint density at radius 1 is 1.40 bits per heavy atom. The average molecular weight is 388 g/mol. The van der Waals surface area contributed by atoms with Gasteiger partial charge in [0.05, 0.1) is 6.10 Å². The number of ether oxygens (including phenoxy) is 1. The highest BCUT2D eigenvalue weighted by molar-refractivity contribution is 8.00. The van der Waals surface area contributed by atoms with Crippen LogP contribution in [0.15, 0.2) is 24.3 Å². The second-order valence-corrected chi connectivity index (χ2v) is 9.45. The van der Waals surface area contributed by atoms with Crippen LogP contribution in [-0.4, -0.2) is 40.3 Å². The Balaban J connectivity index is 2.83. The lowest BCUT2D eigenvalue weighted by molar-refractivity contribution is -0.145. The van der Waals surface area contributed by atoms with Gasteiger partial charge >= 0.3 is 5.97 Å². The number of rotatable bonds is 10. The summed E-state index contributed by atoms with van der Waals surface area (Å²) < 4.78 is 5.88. The number of halogens is 1. The Bertz CT molecular complexity index is 548. The van der Waals surface area contributed by atoms with Gasteiger partial charge in [-0.1, -0.05) is 51.4 Å². The predicted octanol–water partition coefficient (Wildman–Crippen LogP) is 4.77. The normalized spacial score (nSPS) is 15.6. The molecule has 4 nitrogen and oxygen atoms in total. The lowest BCUT2D eigenvalue weighted by Crippen LogP contribution is -2.42. The van der Waals surface area contributed by atoms with Crippen LogP contribution in [0.3, 0.4) is 0 Å². The molecule has 1 aromatic rings. The Hall–Kier alpha value is -0.750. The van der Waals surface area contributed by atoms with Crippen molar-refractivity contribution in [3.8, 4) is 0 Å². The van der Waals surface area contributed by atoms with Crippen LogP contribution < -0.4 is 5.32 Å². The lowest BCUT2D eigenvalue weighted by atomic mass is 10.0. The van der Waals surface area contributed by atoms with Gasteiger partial charge in [-0.3, -0.25) is 0 Å². The Morgan fingerprint density at radius 3 is 2.60 bits per heavy atom. The average Bonchev–Trinajstić information content (AvgIpc) is 2.50. The van der Waals surface area contributed by atoms with Gasteiger partial charge in [-0.2, -0.15) is 11.8 Å². The van der Waals surface area contributed by atoms with Crippen molar-refractivity contribution >= 4 is 29.3 Å². The highest BCUT2D eigenvalue weighted by Gasteiger charge is 2.24. The van der Waals surface area contributed by atoms with Gasteiger partial charge in [0.1, 0.15) is 6.61 Å². The molecule has 0 bridgehead atoms. The van der Waals surface area contributed by atoms with Gasteiger partial charge in [0, 0.05) is 27.6 Å². The Labute approximate surface area is 160 Å². The first kappa shape index (κ1) is 22.3. The monoisotopic (exact) mass is 387 g/mol. The SMILES string of the molecule is CCC(CSC(C)(C)C)NC(C)C(OCC(=O)O)c1cccc(Cl)c1. The summed E-state index contributed by atoms with van der Waals surface area (Å²) in [5.41, 5.74) is 0.882. The van der Waals surface area contributed by atoms with Gasteiger partial charge in [-0.05, 0) is 31.0 Å². The molecule has 0 aliphatic heterocycles. The van der Waals surface area contributed by atoms with E-state index in [-0.39, 0.29) is 23.5 Å². The zero-order valence-electron chi connectivity index (χ0n) is 15.7. The van der Waals surface area contributed by atoms with E-state index in [1.54, 1.807) is 6.07 Å².